The van der Waals surface area contributed by atoms with E-state index in [0.717, 1.165) is 161 Å². The van der Waals surface area contributed by atoms with E-state index in [9.17, 15) is 14.4 Å². The Morgan fingerprint density at radius 1 is 0.266 bits per heavy atom. The van der Waals surface area contributed by atoms with Gasteiger partial charge in [-0.3, -0.25) is 14.4 Å². The average molecular weight is 1090 g/mol. The number of ether oxygens (including phenoxy) is 3. The lowest BCUT2D eigenvalue weighted by Crippen LogP contribution is -2.30. The fourth-order valence-corrected chi connectivity index (χ4v) is 8.27. The number of carbonyl (C=O) groups excluding carboxylic acids is 3. The van der Waals surface area contributed by atoms with Gasteiger partial charge in [0.25, 0.3) is 0 Å². The van der Waals surface area contributed by atoms with Crippen molar-refractivity contribution < 1.29 is 28.6 Å². The summed E-state index contributed by atoms with van der Waals surface area (Å²) in [6.07, 6.45) is 95.2. The quantitative estimate of drug-likeness (QED) is 0.0261. The first-order valence-electron chi connectivity index (χ1n) is 32.0. The molecule has 0 aliphatic rings. The fourth-order valence-electron chi connectivity index (χ4n) is 8.27. The highest BCUT2D eigenvalue weighted by Crippen LogP contribution is 2.14. The van der Waals surface area contributed by atoms with Crippen molar-refractivity contribution in [1.82, 2.24) is 0 Å². The summed E-state index contributed by atoms with van der Waals surface area (Å²) in [4.78, 5) is 38.4. The molecule has 0 aromatic heterocycles. The van der Waals surface area contributed by atoms with E-state index in [1.54, 1.807) is 0 Å². The number of unbranched alkanes of at least 4 members (excludes halogenated alkanes) is 19. The van der Waals surface area contributed by atoms with Crippen LogP contribution in [0.3, 0.4) is 0 Å². The molecule has 0 saturated heterocycles. The second-order valence-corrected chi connectivity index (χ2v) is 20.5. The van der Waals surface area contributed by atoms with Gasteiger partial charge in [0.2, 0.25) is 0 Å². The van der Waals surface area contributed by atoms with Gasteiger partial charge in [-0.2, -0.15) is 0 Å². The number of allylic oxidation sites excluding steroid dienone is 26. The number of hydrogen-bond donors (Lipinski definition) is 0. The lowest BCUT2D eigenvalue weighted by molar-refractivity contribution is -0.167. The Kier molecular flexibility index (Phi) is 61.4. The molecule has 444 valence electrons. The van der Waals surface area contributed by atoms with Gasteiger partial charge in [-0.15, -0.1) is 0 Å². The Balaban J connectivity index is 4.52. The smallest absolute Gasteiger partial charge is 0.306 e. The number of rotatable bonds is 56. The van der Waals surface area contributed by atoms with Crippen LogP contribution in [-0.4, -0.2) is 37.2 Å². The number of hydrogen-bond acceptors (Lipinski definition) is 6. The van der Waals surface area contributed by atoms with Crippen molar-refractivity contribution in [2.45, 2.75) is 271 Å². The zero-order chi connectivity index (χ0) is 57.1. The van der Waals surface area contributed by atoms with Crippen LogP contribution in [0.5, 0.6) is 0 Å². The second kappa shape index (κ2) is 65.5. The van der Waals surface area contributed by atoms with Crippen molar-refractivity contribution in [2.24, 2.45) is 0 Å². The van der Waals surface area contributed by atoms with Crippen LogP contribution in [0, 0.1) is 0 Å². The van der Waals surface area contributed by atoms with E-state index in [0.29, 0.717) is 19.3 Å². The molecule has 0 spiro atoms. The Morgan fingerprint density at radius 3 is 0.785 bits per heavy atom. The monoisotopic (exact) mass is 1090 g/mol. The van der Waals surface area contributed by atoms with Gasteiger partial charge in [-0.05, 0) is 148 Å². The summed E-state index contributed by atoms with van der Waals surface area (Å²) in [5, 5.41) is 0. The van der Waals surface area contributed by atoms with Gasteiger partial charge in [0.15, 0.2) is 6.10 Å². The van der Waals surface area contributed by atoms with Crippen LogP contribution >= 0.6 is 0 Å². The van der Waals surface area contributed by atoms with E-state index in [-0.39, 0.29) is 31.1 Å². The van der Waals surface area contributed by atoms with E-state index in [4.69, 9.17) is 14.2 Å². The molecule has 1 unspecified atom stereocenters. The summed E-state index contributed by atoms with van der Waals surface area (Å²) >= 11 is 0. The van der Waals surface area contributed by atoms with E-state index < -0.39 is 6.10 Å². The van der Waals surface area contributed by atoms with Crippen LogP contribution in [-0.2, 0) is 28.6 Å². The van der Waals surface area contributed by atoms with Gasteiger partial charge in [0.1, 0.15) is 13.2 Å². The molecule has 0 heterocycles. The maximum atomic E-state index is 12.9. The Morgan fingerprint density at radius 2 is 0.494 bits per heavy atom. The summed E-state index contributed by atoms with van der Waals surface area (Å²) in [5.41, 5.74) is 0. The first-order valence-corrected chi connectivity index (χ1v) is 32.0. The first-order chi connectivity index (χ1) is 39.0. The molecule has 0 aromatic rings. The van der Waals surface area contributed by atoms with Gasteiger partial charge in [-0.25, -0.2) is 0 Å². The molecule has 0 radical (unpaired) electrons. The number of esters is 3. The van der Waals surface area contributed by atoms with Crippen LogP contribution in [0.15, 0.2) is 158 Å². The molecule has 0 amide bonds. The predicted octanol–water partition coefficient (Wildman–Crippen LogP) is 22.1. The molecular weight excluding hydrogens is 973 g/mol. The minimum Gasteiger partial charge on any atom is -0.462 e. The van der Waals surface area contributed by atoms with Crippen LogP contribution in [0.25, 0.3) is 0 Å². The maximum Gasteiger partial charge on any atom is 0.306 e. The second-order valence-electron chi connectivity index (χ2n) is 20.5. The zero-order valence-electron chi connectivity index (χ0n) is 50.8. The third-order valence-corrected chi connectivity index (χ3v) is 13.0. The summed E-state index contributed by atoms with van der Waals surface area (Å²) < 4.78 is 16.9. The van der Waals surface area contributed by atoms with Crippen LogP contribution in [0.1, 0.15) is 265 Å². The molecule has 0 aliphatic heterocycles. The molecular formula is C73H116O6. The lowest BCUT2D eigenvalue weighted by Gasteiger charge is -2.18. The molecule has 0 bridgehead atoms. The lowest BCUT2D eigenvalue weighted by atomic mass is 10.1. The number of carbonyl (C=O) groups is 3. The standard InChI is InChI=1S/C73H116O6/c1-4-7-10-13-16-19-22-25-28-31-33-34-35-36-37-38-40-42-45-48-51-54-57-60-63-66-72(75)78-69-70(68-77-71(74)65-62-59-56-53-50-47-44-41-30-27-24-21-18-15-12-9-6-3)79-73(76)67-64-61-58-55-52-49-46-43-39-32-29-26-23-20-17-14-11-8-5-2/h7,9-10,12,16-21,25-30,33-34,36-37,39-40,42-43,48,51,70H,4-6,8,11,13-15,22-24,31-32,35,38,41,44-47,49-50,52-69H2,1-3H3/b10-7-,12-9-,19-16-,20-17-,21-18-,28-25-,29-26-,30-27-,34-33-,37-36-,42-40-,43-39-,51-48-. The summed E-state index contributed by atoms with van der Waals surface area (Å²) in [5.74, 6) is -0.964. The Bertz CT molecular complexity index is 1780. The van der Waals surface area contributed by atoms with E-state index in [2.05, 4.69) is 179 Å². The molecule has 79 heavy (non-hydrogen) atoms. The molecule has 0 aliphatic carbocycles. The van der Waals surface area contributed by atoms with Crippen molar-refractivity contribution in [3.05, 3.63) is 158 Å². The molecule has 6 heteroatoms. The zero-order valence-corrected chi connectivity index (χ0v) is 50.8. The largest absolute Gasteiger partial charge is 0.462 e. The van der Waals surface area contributed by atoms with E-state index in [1.165, 1.54) is 64.2 Å². The van der Waals surface area contributed by atoms with Crippen molar-refractivity contribution in [1.29, 1.82) is 0 Å². The Hall–Kier alpha value is -4.97. The molecule has 0 rings (SSSR count). The summed E-state index contributed by atoms with van der Waals surface area (Å²) in [6.45, 7) is 6.34. The van der Waals surface area contributed by atoms with E-state index in [1.807, 2.05) is 0 Å². The average Bonchev–Trinajstić information content (AvgIpc) is 3.45. The van der Waals surface area contributed by atoms with Gasteiger partial charge in [0.05, 0.1) is 0 Å². The highest BCUT2D eigenvalue weighted by atomic mass is 16.6. The third kappa shape index (κ3) is 63.7. The Labute approximate surface area is 486 Å². The fraction of sp³-hybridized carbons (Fsp3) is 0.603. The van der Waals surface area contributed by atoms with E-state index >= 15 is 0 Å². The molecule has 0 aromatic carbocycles. The van der Waals surface area contributed by atoms with Gasteiger partial charge in [0, 0.05) is 19.3 Å². The van der Waals surface area contributed by atoms with Gasteiger partial charge >= 0.3 is 17.9 Å². The summed E-state index contributed by atoms with van der Waals surface area (Å²) in [7, 11) is 0. The molecule has 0 N–H and O–H groups in total. The topological polar surface area (TPSA) is 78.9 Å². The minimum absolute atomic E-state index is 0.106. The highest BCUT2D eigenvalue weighted by Gasteiger charge is 2.19. The summed E-state index contributed by atoms with van der Waals surface area (Å²) in [6, 6.07) is 0. The maximum absolute atomic E-state index is 12.9. The molecule has 0 fully saturated rings. The predicted molar refractivity (Wildman–Crippen MR) is 343 cm³/mol. The molecule has 0 saturated carbocycles. The van der Waals surface area contributed by atoms with Crippen molar-refractivity contribution >= 4 is 17.9 Å². The molecule has 1 atom stereocenters. The van der Waals surface area contributed by atoms with Crippen LogP contribution in [0.2, 0.25) is 0 Å². The minimum atomic E-state index is -0.813. The third-order valence-electron chi connectivity index (χ3n) is 13.0. The van der Waals surface area contributed by atoms with Gasteiger partial charge in [-0.1, -0.05) is 256 Å². The van der Waals surface area contributed by atoms with Crippen molar-refractivity contribution in [2.75, 3.05) is 13.2 Å². The SMILES string of the molecule is CC/C=C\C/C=C\C/C=C\C/C=C\C/C=C\C/C=C\C/C=C\CCCCCC(=O)OCC(COC(=O)CCCCCCCCC/C=C\C/C=C\C/C=C\CC)OC(=O)CCCCCCCC/C=C\C/C=C\C/C=C\CCCCC. The molecule has 6 nitrogen and oxygen atoms in total. The van der Waals surface area contributed by atoms with Crippen LogP contribution < -0.4 is 0 Å². The highest BCUT2D eigenvalue weighted by molar-refractivity contribution is 5.71. The van der Waals surface area contributed by atoms with Crippen molar-refractivity contribution in [3.8, 4) is 0 Å². The normalized spacial score (nSPS) is 13.2. The van der Waals surface area contributed by atoms with Gasteiger partial charge < -0.3 is 14.2 Å². The first kappa shape index (κ1) is 74.0. The van der Waals surface area contributed by atoms with Crippen molar-refractivity contribution in [3.63, 3.8) is 0 Å². The van der Waals surface area contributed by atoms with Crippen LogP contribution in [0.4, 0.5) is 0 Å².